The highest BCUT2D eigenvalue weighted by atomic mass is 16.5. The summed E-state index contributed by atoms with van der Waals surface area (Å²) in [4.78, 5) is 14.3. The summed E-state index contributed by atoms with van der Waals surface area (Å²) in [5, 5.41) is 11.5. The van der Waals surface area contributed by atoms with Crippen LogP contribution in [0, 0.1) is 0 Å². The minimum absolute atomic E-state index is 0.0955. The molecule has 4 aromatic carbocycles. The number of hydrogen-bond acceptors (Lipinski definition) is 4. The minimum atomic E-state index is -0.508. The Hall–Kier alpha value is -4.19. The lowest BCUT2D eigenvalue weighted by atomic mass is 9.76. The zero-order valence-corrected chi connectivity index (χ0v) is 21.1. The number of ether oxygens (including phenoxy) is 1. The molecule has 38 heavy (non-hydrogen) atoms. The van der Waals surface area contributed by atoms with Crippen LogP contribution in [0.5, 0.6) is 5.75 Å². The highest BCUT2D eigenvalue weighted by molar-refractivity contribution is 5.96. The topological polar surface area (TPSA) is 54.5 Å². The molecule has 5 heteroatoms. The number of rotatable bonds is 7. The monoisotopic (exact) mass is 500 g/mol. The number of fused-ring (bicyclic) bond motifs is 5. The molecule has 2 aliphatic heterocycles. The molecule has 3 atom stereocenters. The summed E-state index contributed by atoms with van der Waals surface area (Å²) < 4.78 is 7.99. The number of aromatic nitrogens is 1. The Morgan fingerprint density at radius 1 is 0.895 bits per heavy atom. The third-order valence-electron chi connectivity index (χ3n) is 8.35. The van der Waals surface area contributed by atoms with Crippen LogP contribution in [-0.4, -0.2) is 34.0 Å². The summed E-state index contributed by atoms with van der Waals surface area (Å²) in [5.74, 6) is 0.625. The van der Waals surface area contributed by atoms with Crippen molar-refractivity contribution in [3.05, 3.63) is 137 Å². The second-order valence-corrected chi connectivity index (χ2v) is 10.1. The van der Waals surface area contributed by atoms with Gasteiger partial charge in [0.1, 0.15) is 12.0 Å². The lowest BCUT2D eigenvalue weighted by Gasteiger charge is -2.39. The number of aliphatic hydroxyl groups is 1. The van der Waals surface area contributed by atoms with Gasteiger partial charge in [0.15, 0.2) is 0 Å². The zero-order chi connectivity index (χ0) is 25.9. The highest BCUT2D eigenvalue weighted by Gasteiger charge is 2.65. The van der Waals surface area contributed by atoms with Crippen LogP contribution >= 0.6 is 0 Å². The number of nitrogens with zero attached hydrogens (tertiary/aromatic N) is 2. The fourth-order valence-corrected chi connectivity index (χ4v) is 6.89. The fourth-order valence-electron chi connectivity index (χ4n) is 6.89. The Morgan fingerprint density at radius 2 is 1.45 bits per heavy atom. The third-order valence-corrected chi connectivity index (χ3v) is 8.35. The summed E-state index contributed by atoms with van der Waals surface area (Å²) in [7, 11) is 1.62. The van der Waals surface area contributed by atoms with Crippen molar-refractivity contribution >= 4 is 17.2 Å². The van der Waals surface area contributed by atoms with Crippen molar-refractivity contribution < 1.29 is 14.6 Å². The molecule has 3 heterocycles. The van der Waals surface area contributed by atoms with E-state index in [1.807, 2.05) is 6.07 Å². The number of carbonyl (C=O) groups is 1. The molecular formula is C33H28N2O3. The van der Waals surface area contributed by atoms with Crippen LogP contribution in [0.15, 0.2) is 103 Å². The average Bonchev–Trinajstić information content (AvgIpc) is 3.39. The molecule has 0 amide bonds. The molecule has 0 spiro atoms. The molecule has 1 fully saturated rings. The second-order valence-electron chi connectivity index (χ2n) is 10.1. The number of methoxy groups -OCH3 is 1. The van der Waals surface area contributed by atoms with E-state index < -0.39 is 5.54 Å². The number of aldehydes is 1. The maximum Gasteiger partial charge on any atom is 0.150 e. The summed E-state index contributed by atoms with van der Waals surface area (Å²) in [6.07, 6.45) is 0.855. The Bertz CT molecular complexity index is 1550. The quantitative estimate of drug-likeness (QED) is 0.177. The fraction of sp³-hybridized carbons (Fsp3) is 0.182. The largest absolute Gasteiger partial charge is 0.496 e. The first-order valence-electron chi connectivity index (χ1n) is 13.0. The van der Waals surface area contributed by atoms with Crippen LogP contribution in [0.25, 0.3) is 10.9 Å². The molecule has 1 N–H and O–H groups in total. The molecule has 0 aliphatic carbocycles. The molecular weight excluding hydrogens is 472 g/mol. The van der Waals surface area contributed by atoms with Crippen LogP contribution in [-0.2, 0) is 18.7 Å². The van der Waals surface area contributed by atoms with E-state index in [1.165, 1.54) is 16.7 Å². The van der Waals surface area contributed by atoms with E-state index in [2.05, 4.69) is 100 Å². The summed E-state index contributed by atoms with van der Waals surface area (Å²) >= 11 is 0. The van der Waals surface area contributed by atoms with Crippen molar-refractivity contribution in [3.8, 4) is 5.75 Å². The lowest BCUT2D eigenvalue weighted by molar-refractivity contribution is 0.112. The number of carbonyl (C=O) groups excluding carboxylic acids is 1. The van der Waals surface area contributed by atoms with Gasteiger partial charge in [-0.15, -0.1) is 0 Å². The number of hydrogen-bond donors (Lipinski definition) is 1. The summed E-state index contributed by atoms with van der Waals surface area (Å²) in [5.41, 5.74) is 6.63. The lowest BCUT2D eigenvalue weighted by Crippen LogP contribution is -2.40. The van der Waals surface area contributed by atoms with Crippen LogP contribution in [0.2, 0.25) is 0 Å². The molecule has 5 nitrogen and oxygen atoms in total. The predicted molar refractivity (Wildman–Crippen MR) is 147 cm³/mol. The minimum Gasteiger partial charge on any atom is -0.496 e. The summed E-state index contributed by atoms with van der Waals surface area (Å²) in [6.45, 7) is 0.678. The van der Waals surface area contributed by atoms with Crippen molar-refractivity contribution in [2.75, 3.05) is 7.11 Å². The molecule has 0 saturated carbocycles. The third kappa shape index (κ3) is 3.03. The Kier molecular flexibility index (Phi) is 5.25. The Balaban J connectivity index is 1.49. The van der Waals surface area contributed by atoms with Gasteiger partial charge in [0.05, 0.1) is 36.9 Å². The van der Waals surface area contributed by atoms with Gasteiger partial charge in [-0.3, -0.25) is 9.69 Å². The van der Waals surface area contributed by atoms with E-state index in [9.17, 15) is 9.90 Å². The van der Waals surface area contributed by atoms with Crippen LogP contribution in [0.3, 0.4) is 0 Å². The SMILES string of the molecule is COc1cc(C=O)cc2c1c(CO)c1n2C[C@H]2[C@@H]1N2C(c1ccccc1)(c1ccccc1)c1ccccc1. The van der Waals surface area contributed by atoms with E-state index in [4.69, 9.17) is 4.74 Å². The van der Waals surface area contributed by atoms with Crippen molar-refractivity contribution in [2.45, 2.75) is 30.8 Å². The van der Waals surface area contributed by atoms with E-state index in [-0.39, 0.29) is 18.7 Å². The Labute approximate surface area is 221 Å². The van der Waals surface area contributed by atoms with Crippen LogP contribution in [0.4, 0.5) is 0 Å². The normalized spacial score (nSPS) is 19.7. The first kappa shape index (κ1) is 23.0. The number of benzene rings is 4. The summed E-state index contributed by atoms with van der Waals surface area (Å²) in [6, 6.07) is 36.2. The van der Waals surface area contributed by atoms with Gasteiger partial charge in [0, 0.05) is 28.8 Å². The molecule has 188 valence electrons. The smallest absolute Gasteiger partial charge is 0.150 e. The van der Waals surface area contributed by atoms with Gasteiger partial charge in [0.2, 0.25) is 0 Å². The Morgan fingerprint density at radius 3 is 1.92 bits per heavy atom. The zero-order valence-electron chi connectivity index (χ0n) is 21.1. The molecule has 1 unspecified atom stereocenters. The maximum absolute atomic E-state index is 11.7. The standard InChI is InChI=1S/C33H28N2O3/c1-38-29-18-22(20-36)17-27-30(29)26(21-37)31-32-28(19-34(27)31)35(32)33(23-11-5-2-6-12-23,24-13-7-3-8-14-24)25-15-9-4-10-16-25/h2-18,20,28,32,37H,19,21H2,1H3/t28-,32-,35?/m0/s1. The average molecular weight is 501 g/mol. The van der Waals surface area contributed by atoms with Crippen molar-refractivity contribution in [2.24, 2.45) is 0 Å². The molecule has 0 radical (unpaired) electrons. The van der Waals surface area contributed by atoms with E-state index in [0.717, 1.165) is 35.0 Å². The van der Waals surface area contributed by atoms with Gasteiger partial charge < -0.3 is 14.4 Å². The van der Waals surface area contributed by atoms with Crippen molar-refractivity contribution in [1.29, 1.82) is 0 Å². The maximum atomic E-state index is 11.7. The van der Waals surface area contributed by atoms with E-state index >= 15 is 0 Å². The van der Waals surface area contributed by atoms with Gasteiger partial charge >= 0.3 is 0 Å². The highest BCUT2D eigenvalue weighted by Crippen LogP contribution is 2.62. The van der Waals surface area contributed by atoms with E-state index in [0.29, 0.717) is 11.3 Å². The van der Waals surface area contributed by atoms with Gasteiger partial charge in [-0.25, -0.2) is 0 Å². The van der Waals surface area contributed by atoms with Crippen LogP contribution < -0.4 is 4.74 Å². The van der Waals surface area contributed by atoms with Gasteiger partial charge in [-0.1, -0.05) is 91.0 Å². The van der Waals surface area contributed by atoms with E-state index in [1.54, 1.807) is 13.2 Å². The first-order chi connectivity index (χ1) is 18.7. The molecule has 2 aliphatic rings. The first-order valence-corrected chi connectivity index (χ1v) is 13.0. The van der Waals surface area contributed by atoms with Gasteiger partial charge in [-0.2, -0.15) is 0 Å². The second kappa shape index (κ2) is 8.69. The molecule has 7 rings (SSSR count). The van der Waals surface area contributed by atoms with Crippen molar-refractivity contribution in [3.63, 3.8) is 0 Å². The molecule has 1 aromatic heterocycles. The van der Waals surface area contributed by atoms with Gasteiger partial charge in [-0.05, 0) is 28.8 Å². The molecule has 0 bridgehead atoms. The molecule has 5 aromatic rings. The van der Waals surface area contributed by atoms with Gasteiger partial charge in [0.25, 0.3) is 0 Å². The van der Waals surface area contributed by atoms with Crippen LogP contribution in [0.1, 0.15) is 44.3 Å². The number of aliphatic hydroxyl groups excluding tert-OH is 1. The van der Waals surface area contributed by atoms with Crippen molar-refractivity contribution in [1.82, 2.24) is 9.47 Å². The molecule has 1 saturated heterocycles. The predicted octanol–water partition coefficient (Wildman–Crippen LogP) is 5.69.